The van der Waals surface area contributed by atoms with Gasteiger partial charge in [-0.15, -0.1) is 0 Å². The lowest BCUT2D eigenvalue weighted by atomic mass is 9.43. The van der Waals surface area contributed by atoms with Crippen LogP contribution in [0, 0.1) is 46.3 Å². The smallest absolute Gasteiger partial charge is 0.293 e. The Hall–Kier alpha value is -1.59. The van der Waals surface area contributed by atoms with Crippen LogP contribution < -0.4 is 0 Å². The highest BCUT2D eigenvalue weighted by Gasteiger charge is 2.67. The normalized spacial score (nSPS) is 48.4. The van der Waals surface area contributed by atoms with Gasteiger partial charge < -0.3 is 14.2 Å². The Bertz CT molecular complexity index is 710. The average Bonchev–Trinajstić information content (AvgIpc) is 3.13. The van der Waals surface area contributed by atoms with E-state index in [9.17, 15) is 14.4 Å². The largest absolute Gasteiger partial charge is 0.465 e. The second-order valence-corrected chi connectivity index (χ2v) is 11.5. The van der Waals surface area contributed by atoms with Crippen molar-refractivity contribution >= 4 is 19.4 Å². The van der Waals surface area contributed by atoms with Crippen LogP contribution in [0.3, 0.4) is 0 Å². The molecule has 4 rings (SSSR count). The second kappa shape index (κ2) is 8.98. The number of carbonyl (C=O) groups is 3. The van der Waals surface area contributed by atoms with E-state index in [4.69, 9.17) is 14.2 Å². The van der Waals surface area contributed by atoms with Crippen LogP contribution in [-0.4, -0.2) is 37.7 Å². The van der Waals surface area contributed by atoms with Crippen molar-refractivity contribution in [3.63, 3.8) is 0 Å². The van der Waals surface area contributed by atoms with E-state index in [1.165, 1.54) is 0 Å². The lowest BCUT2D eigenvalue weighted by Crippen LogP contribution is -2.63. The first kappa shape index (κ1) is 23.6. The van der Waals surface area contributed by atoms with Crippen molar-refractivity contribution in [2.75, 3.05) is 0 Å². The zero-order valence-corrected chi connectivity index (χ0v) is 20.0. The molecule has 6 nitrogen and oxygen atoms in total. The molecule has 0 heterocycles. The molecule has 4 aliphatic carbocycles. The summed E-state index contributed by atoms with van der Waals surface area (Å²) in [6, 6.07) is 0. The first-order valence-electron chi connectivity index (χ1n) is 12.6. The second-order valence-electron chi connectivity index (χ2n) is 11.5. The summed E-state index contributed by atoms with van der Waals surface area (Å²) in [6.07, 6.45) is 7.38. The molecule has 0 saturated heterocycles. The summed E-state index contributed by atoms with van der Waals surface area (Å²) in [6.45, 7) is 11.1. The van der Waals surface area contributed by atoms with Crippen LogP contribution in [-0.2, 0) is 28.6 Å². The van der Waals surface area contributed by atoms with Crippen LogP contribution in [0.1, 0.15) is 79.1 Å². The van der Waals surface area contributed by atoms with E-state index in [-0.39, 0.29) is 35.1 Å². The highest BCUT2D eigenvalue weighted by atomic mass is 16.5. The van der Waals surface area contributed by atoms with Crippen LogP contribution in [0.25, 0.3) is 0 Å². The minimum absolute atomic E-state index is 0.0591. The molecule has 6 heteroatoms. The Balaban J connectivity index is 1.72. The summed E-state index contributed by atoms with van der Waals surface area (Å²) in [5, 5.41) is 0. The highest BCUT2D eigenvalue weighted by Crippen LogP contribution is 2.69. The Morgan fingerprint density at radius 1 is 0.906 bits per heavy atom. The van der Waals surface area contributed by atoms with E-state index in [0.717, 1.165) is 51.4 Å². The molecule has 0 aromatic heterocycles. The molecule has 0 N–H and O–H groups in total. The van der Waals surface area contributed by atoms with Crippen molar-refractivity contribution in [2.24, 2.45) is 46.3 Å². The van der Waals surface area contributed by atoms with Crippen molar-refractivity contribution in [3.8, 4) is 0 Å². The fraction of sp³-hybridized carbons (Fsp3) is 0.885. The fourth-order valence-electron chi connectivity index (χ4n) is 9.03. The lowest BCUT2D eigenvalue weighted by molar-refractivity contribution is -0.218. The summed E-state index contributed by atoms with van der Waals surface area (Å²) >= 11 is 0. The topological polar surface area (TPSA) is 78.9 Å². The van der Waals surface area contributed by atoms with Gasteiger partial charge in [-0.1, -0.05) is 34.1 Å². The maximum absolute atomic E-state index is 11.6. The number of hydrogen-bond donors (Lipinski definition) is 0. The zero-order chi connectivity index (χ0) is 23.1. The molecule has 4 saturated carbocycles. The Labute approximate surface area is 192 Å². The zero-order valence-electron chi connectivity index (χ0n) is 20.0. The summed E-state index contributed by atoms with van der Waals surface area (Å²) in [5.41, 5.74) is -0.0283. The van der Waals surface area contributed by atoms with Gasteiger partial charge in [0.2, 0.25) is 0 Å². The first-order chi connectivity index (χ1) is 15.3. The standard InChI is InChI=1S/C26H40O6/c1-5-16(2)19-6-7-20-24-21(12-23(32-15-29)26(19,20)4)25(3)9-8-18(30-13-27)10-17(25)11-22(24)31-14-28/h13-24H,5-12H2,1-4H3/t16?,17-,18+,19+,20-,21-,22+,23-,24-,25-,26+/m0/s1. The Morgan fingerprint density at radius 2 is 1.62 bits per heavy atom. The minimum atomic E-state index is -0.122. The van der Waals surface area contributed by atoms with Crippen LogP contribution >= 0.6 is 0 Å². The molecule has 180 valence electrons. The van der Waals surface area contributed by atoms with E-state index in [1.54, 1.807) is 0 Å². The molecule has 0 bridgehead atoms. The van der Waals surface area contributed by atoms with E-state index >= 15 is 0 Å². The van der Waals surface area contributed by atoms with Gasteiger partial charge in [0.1, 0.15) is 18.3 Å². The first-order valence-corrected chi connectivity index (χ1v) is 12.6. The molecule has 11 atom stereocenters. The van der Waals surface area contributed by atoms with Crippen LogP contribution in [0.4, 0.5) is 0 Å². The monoisotopic (exact) mass is 448 g/mol. The molecule has 0 radical (unpaired) electrons. The quantitative estimate of drug-likeness (QED) is 0.401. The van der Waals surface area contributed by atoms with Gasteiger partial charge in [-0.25, -0.2) is 0 Å². The summed E-state index contributed by atoms with van der Waals surface area (Å²) in [4.78, 5) is 34.1. The molecular formula is C26H40O6. The van der Waals surface area contributed by atoms with Crippen molar-refractivity contribution in [3.05, 3.63) is 0 Å². The van der Waals surface area contributed by atoms with Crippen LogP contribution in [0.5, 0.6) is 0 Å². The number of rotatable bonds is 8. The van der Waals surface area contributed by atoms with Gasteiger partial charge in [-0.3, -0.25) is 14.4 Å². The molecule has 0 amide bonds. The molecule has 4 aliphatic rings. The number of fused-ring (bicyclic) bond motifs is 5. The van der Waals surface area contributed by atoms with E-state index < -0.39 is 0 Å². The van der Waals surface area contributed by atoms with Gasteiger partial charge in [0.15, 0.2) is 0 Å². The van der Waals surface area contributed by atoms with Crippen molar-refractivity contribution in [1.29, 1.82) is 0 Å². The third-order valence-corrected chi connectivity index (χ3v) is 10.8. The molecule has 0 aliphatic heterocycles. The van der Waals surface area contributed by atoms with Gasteiger partial charge in [0.25, 0.3) is 19.4 Å². The average molecular weight is 449 g/mol. The van der Waals surface area contributed by atoms with Crippen LogP contribution in [0.2, 0.25) is 0 Å². The summed E-state index contributed by atoms with van der Waals surface area (Å²) < 4.78 is 17.0. The van der Waals surface area contributed by atoms with Crippen molar-refractivity contribution in [2.45, 2.75) is 97.4 Å². The van der Waals surface area contributed by atoms with Crippen LogP contribution in [0.15, 0.2) is 0 Å². The van der Waals surface area contributed by atoms with Crippen molar-refractivity contribution in [1.82, 2.24) is 0 Å². The van der Waals surface area contributed by atoms with E-state index in [2.05, 4.69) is 27.7 Å². The molecule has 32 heavy (non-hydrogen) atoms. The Kier molecular flexibility index (Phi) is 6.61. The summed E-state index contributed by atoms with van der Waals surface area (Å²) in [7, 11) is 0. The van der Waals surface area contributed by atoms with Gasteiger partial charge in [0.05, 0.1) is 0 Å². The van der Waals surface area contributed by atoms with E-state index in [1.807, 2.05) is 0 Å². The van der Waals surface area contributed by atoms with E-state index in [0.29, 0.717) is 49.0 Å². The van der Waals surface area contributed by atoms with Gasteiger partial charge in [-0.05, 0) is 80.0 Å². The Morgan fingerprint density at radius 3 is 2.28 bits per heavy atom. The number of ether oxygens (including phenoxy) is 3. The molecule has 1 unspecified atom stereocenters. The van der Waals surface area contributed by atoms with Gasteiger partial charge in [-0.2, -0.15) is 0 Å². The predicted octanol–water partition coefficient (Wildman–Crippen LogP) is 4.54. The maximum atomic E-state index is 11.6. The van der Waals surface area contributed by atoms with Gasteiger partial charge >= 0.3 is 0 Å². The third kappa shape index (κ3) is 3.47. The molecule has 4 fully saturated rings. The summed E-state index contributed by atoms with van der Waals surface area (Å²) in [5.74, 6) is 2.37. The molecule has 0 spiro atoms. The molecular weight excluding hydrogens is 408 g/mol. The van der Waals surface area contributed by atoms with Crippen molar-refractivity contribution < 1.29 is 28.6 Å². The number of hydrogen-bond acceptors (Lipinski definition) is 6. The fourth-order valence-corrected chi connectivity index (χ4v) is 9.03. The number of carbonyl (C=O) groups excluding carboxylic acids is 3. The maximum Gasteiger partial charge on any atom is 0.293 e. The lowest BCUT2D eigenvalue weighted by Gasteiger charge is -2.64. The molecule has 0 aromatic carbocycles. The highest BCUT2D eigenvalue weighted by molar-refractivity contribution is 5.39. The minimum Gasteiger partial charge on any atom is -0.465 e. The third-order valence-electron chi connectivity index (χ3n) is 10.8. The predicted molar refractivity (Wildman–Crippen MR) is 118 cm³/mol. The van der Waals surface area contributed by atoms with Gasteiger partial charge in [0, 0.05) is 11.3 Å². The SMILES string of the molecule is CCC(C)[C@H]1CC[C@H]2[C@@H]3[C@H](OC=O)C[C@@H]4C[C@H](OC=O)CC[C@]4(C)[C@H]3C[C@H](OC=O)[C@]12C. The molecule has 0 aromatic rings.